The third kappa shape index (κ3) is 8.49. The third-order valence-electron chi connectivity index (χ3n) is 1.83. The van der Waals surface area contributed by atoms with Gasteiger partial charge in [-0.2, -0.15) is 13.2 Å². The highest BCUT2D eigenvalue weighted by atomic mass is 19.4. The van der Waals surface area contributed by atoms with Crippen LogP contribution in [0.2, 0.25) is 0 Å². The van der Waals surface area contributed by atoms with E-state index < -0.39 is 30.7 Å². The Morgan fingerprint density at radius 3 is 2.31 bits per heavy atom. The molecule has 7 heteroatoms. The van der Waals surface area contributed by atoms with Gasteiger partial charge in [0.25, 0.3) is 0 Å². The smallest absolute Gasteiger partial charge is 0.396 e. The fourth-order valence-electron chi connectivity index (χ4n) is 1.08. The number of alkyl halides is 3. The highest BCUT2D eigenvalue weighted by molar-refractivity contribution is 5.78. The lowest BCUT2D eigenvalue weighted by molar-refractivity contribution is -0.129. The van der Waals surface area contributed by atoms with Gasteiger partial charge in [-0.05, 0) is 20.3 Å². The molecule has 0 fully saturated rings. The van der Waals surface area contributed by atoms with Crippen LogP contribution in [0.25, 0.3) is 0 Å². The van der Waals surface area contributed by atoms with Crippen molar-refractivity contribution >= 4 is 5.91 Å². The molecule has 0 aliphatic rings. The summed E-state index contributed by atoms with van der Waals surface area (Å²) in [6.07, 6.45) is -3.97. The van der Waals surface area contributed by atoms with E-state index in [0.717, 1.165) is 0 Å². The fraction of sp³-hybridized carbons (Fsp3) is 0.889. The summed E-state index contributed by atoms with van der Waals surface area (Å²) in [6.45, 7) is 1.69. The number of hydrogen-bond donors (Lipinski definition) is 3. The van der Waals surface area contributed by atoms with Gasteiger partial charge >= 0.3 is 6.18 Å². The van der Waals surface area contributed by atoms with Crippen molar-refractivity contribution in [3.63, 3.8) is 0 Å². The van der Waals surface area contributed by atoms with Gasteiger partial charge in [-0.15, -0.1) is 0 Å². The lowest BCUT2D eigenvalue weighted by atomic mass is 10.0. The lowest BCUT2D eigenvalue weighted by Gasteiger charge is -2.25. The zero-order chi connectivity index (χ0) is 12.8. The molecule has 0 aromatic heterocycles. The van der Waals surface area contributed by atoms with Gasteiger partial charge in [0.15, 0.2) is 0 Å². The van der Waals surface area contributed by atoms with E-state index in [1.807, 2.05) is 5.32 Å². The first-order chi connectivity index (χ1) is 7.16. The molecule has 0 aliphatic heterocycles. The minimum atomic E-state index is -4.32. The summed E-state index contributed by atoms with van der Waals surface area (Å²) in [4.78, 5) is 11.2. The summed E-state index contributed by atoms with van der Waals surface area (Å²) >= 11 is 0. The van der Waals surface area contributed by atoms with Crippen LogP contribution in [0.5, 0.6) is 0 Å². The normalized spacial score (nSPS) is 12.6. The Labute approximate surface area is 92.2 Å². The Morgan fingerprint density at radius 1 is 1.31 bits per heavy atom. The molecule has 3 N–H and O–H groups in total. The molecule has 0 aromatic rings. The molecule has 0 aromatic carbocycles. The van der Waals surface area contributed by atoms with Crippen molar-refractivity contribution in [1.82, 2.24) is 10.6 Å². The zero-order valence-corrected chi connectivity index (χ0v) is 9.32. The van der Waals surface area contributed by atoms with Crippen LogP contribution in [-0.4, -0.2) is 42.4 Å². The Balaban J connectivity index is 3.83. The van der Waals surface area contributed by atoms with Gasteiger partial charge in [-0.3, -0.25) is 4.79 Å². The second kappa shape index (κ2) is 6.05. The molecule has 0 saturated heterocycles. The first-order valence-electron chi connectivity index (χ1n) is 4.86. The van der Waals surface area contributed by atoms with Gasteiger partial charge in [0, 0.05) is 12.1 Å². The number of aliphatic hydroxyl groups excluding tert-OH is 1. The van der Waals surface area contributed by atoms with Crippen LogP contribution in [0.15, 0.2) is 0 Å². The number of amides is 1. The SMILES string of the molecule is CC(C)(CCO)NC(=O)CNCC(F)(F)F. The zero-order valence-electron chi connectivity index (χ0n) is 9.32. The Hall–Kier alpha value is -0.820. The third-order valence-corrected chi connectivity index (χ3v) is 1.83. The highest BCUT2D eigenvalue weighted by Gasteiger charge is 2.27. The molecular formula is C9H17F3N2O2. The quantitative estimate of drug-likeness (QED) is 0.632. The average Bonchev–Trinajstić information content (AvgIpc) is 1.99. The second-order valence-corrected chi connectivity index (χ2v) is 4.12. The molecular weight excluding hydrogens is 225 g/mol. The van der Waals surface area contributed by atoms with Gasteiger partial charge in [0.05, 0.1) is 13.1 Å². The van der Waals surface area contributed by atoms with Crippen LogP contribution in [0.3, 0.4) is 0 Å². The minimum absolute atomic E-state index is 0.0940. The number of halogens is 3. The van der Waals surface area contributed by atoms with Gasteiger partial charge in [-0.1, -0.05) is 0 Å². The van der Waals surface area contributed by atoms with Crippen molar-refractivity contribution in [3.8, 4) is 0 Å². The van der Waals surface area contributed by atoms with Crippen LogP contribution in [-0.2, 0) is 4.79 Å². The molecule has 0 spiro atoms. The second-order valence-electron chi connectivity index (χ2n) is 4.12. The fourth-order valence-corrected chi connectivity index (χ4v) is 1.08. The summed E-state index contributed by atoms with van der Waals surface area (Å²) in [7, 11) is 0. The minimum Gasteiger partial charge on any atom is -0.396 e. The van der Waals surface area contributed by atoms with Gasteiger partial charge in [-0.25, -0.2) is 0 Å². The topological polar surface area (TPSA) is 61.4 Å². The van der Waals surface area contributed by atoms with E-state index in [-0.39, 0.29) is 6.61 Å². The van der Waals surface area contributed by atoms with Crippen molar-refractivity contribution in [2.24, 2.45) is 0 Å². The summed E-state index contributed by atoms with van der Waals surface area (Å²) in [5.74, 6) is -0.525. The molecule has 0 unspecified atom stereocenters. The lowest BCUT2D eigenvalue weighted by Crippen LogP contribution is -2.48. The van der Waals surface area contributed by atoms with E-state index in [1.165, 1.54) is 0 Å². The van der Waals surface area contributed by atoms with E-state index >= 15 is 0 Å². The van der Waals surface area contributed by atoms with Gasteiger partial charge < -0.3 is 15.7 Å². The summed E-state index contributed by atoms with van der Waals surface area (Å²) in [5, 5.41) is 13.2. The van der Waals surface area contributed by atoms with Crippen LogP contribution in [0.1, 0.15) is 20.3 Å². The Morgan fingerprint density at radius 2 is 1.88 bits per heavy atom. The monoisotopic (exact) mass is 242 g/mol. The summed E-state index contributed by atoms with van der Waals surface area (Å²) < 4.78 is 35.2. The average molecular weight is 242 g/mol. The maximum atomic E-state index is 11.7. The number of rotatable bonds is 6. The van der Waals surface area contributed by atoms with E-state index in [2.05, 4.69) is 5.32 Å². The first kappa shape index (κ1) is 15.2. The summed E-state index contributed by atoms with van der Waals surface area (Å²) in [5.41, 5.74) is -0.619. The Bertz CT molecular complexity index is 229. The molecule has 16 heavy (non-hydrogen) atoms. The van der Waals surface area contributed by atoms with Gasteiger partial charge in [0.1, 0.15) is 0 Å². The molecule has 0 atom stereocenters. The van der Waals surface area contributed by atoms with Crippen molar-refractivity contribution < 1.29 is 23.1 Å². The largest absolute Gasteiger partial charge is 0.401 e. The van der Waals surface area contributed by atoms with E-state index in [4.69, 9.17) is 5.11 Å². The molecule has 0 heterocycles. The number of aliphatic hydroxyl groups is 1. The predicted molar refractivity (Wildman–Crippen MR) is 52.8 cm³/mol. The number of hydrogen-bond acceptors (Lipinski definition) is 3. The van der Waals surface area contributed by atoms with Crippen molar-refractivity contribution in [1.29, 1.82) is 0 Å². The van der Waals surface area contributed by atoms with Crippen LogP contribution in [0, 0.1) is 0 Å². The molecule has 1 amide bonds. The molecule has 0 aliphatic carbocycles. The molecule has 0 rings (SSSR count). The van der Waals surface area contributed by atoms with Crippen molar-refractivity contribution in [2.75, 3.05) is 19.7 Å². The van der Waals surface area contributed by atoms with Crippen molar-refractivity contribution in [2.45, 2.75) is 32.0 Å². The number of carbonyl (C=O) groups is 1. The molecule has 96 valence electrons. The standard InChI is InChI=1S/C9H17F3N2O2/c1-8(2,3-4-15)14-7(16)5-13-6-9(10,11)12/h13,15H,3-6H2,1-2H3,(H,14,16). The molecule has 0 saturated carbocycles. The maximum absolute atomic E-state index is 11.7. The van der Waals surface area contributed by atoms with Crippen molar-refractivity contribution in [3.05, 3.63) is 0 Å². The molecule has 0 bridgehead atoms. The molecule has 4 nitrogen and oxygen atoms in total. The number of carbonyl (C=O) groups excluding carboxylic acids is 1. The van der Waals surface area contributed by atoms with E-state index in [0.29, 0.717) is 6.42 Å². The summed E-state index contributed by atoms with van der Waals surface area (Å²) in [6, 6.07) is 0. The van der Waals surface area contributed by atoms with Crippen LogP contribution in [0.4, 0.5) is 13.2 Å². The highest BCUT2D eigenvalue weighted by Crippen LogP contribution is 2.12. The van der Waals surface area contributed by atoms with Crippen LogP contribution < -0.4 is 10.6 Å². The number of nitrogens with one attached hydrogen (secondary N) is 2. The van der Waals surface area contributed by atoms with E-state index in [1.54, 1.807) is 13.8 Å². The maximum Gasteiger partial charge on any atom is 0.401 e. The first-order valence-corrected chi connectivity index (χ1v) is 4.86. The molecule has 0 radical (unpaired) electrons. The van der Waals surface area contributed by atoms with Gasteiger partial charge in [0.2, 0.25) is 5.91 Å². The Kier molecular flexibility index (Phi) is 5.74. The van der Waals surface area contributed by atoms with Crippen LogP contribution >= 0.6 is 0 Å². The predicted octanol–water partition coefficient (Wildman–Crippen LogP) is 0.415. The van der Waals surface area contributed by atoms with E-state index in [9.17, 15) is 18.0 Å².